The number of amides is 2. The summed E-state index contributed by atoms with van der Waals surface area (Å²) < 4.78 is 5.18. The topological polar surface area (TPSA) is 57.7 Å². The Bertz CT molecular complexity index is 750. The number of benzene rings is 1. The number of nitrogens with zero attached hydrogens (tertiary/aromatic N) is 3. The van der Waals surface area contributed by atoms with Gasteiger partial charge in [0.2, 0.25) is 5.88 Å². The summed E-state index contributed by atoms with van der Waals surface area (Å²) in [6, 6.07) is 12.2. The number of anilines is 1. The Hall–Kier alpha value is -2.60. The molecule has 1 aliphatic rings. The van der Waals surface area contributed by atoms with Gasteiger partial charge in [0.15, 0.2) is 0 Å². The number of urea groups is 1. The summed E-state index contributed by atoms with van der Waals surface area (Å²) in [6.07, 6.45) is 2.58. The third-order valence-electron chi connectivity index (χ3n) is 4.65. The van der Waals surface area contributed by atoms with E-state index in [2.05, 4.69) is 46.5 Å². The van der Waals surface area contributed by atoms with E-state index in [1.54, 1.807) is 23.2 Å². The normalized spacial score (nSPS) is 16.8. The Balaban J connectivity index is 1.64. The van der Waals surface area contributed by atoms with Crippen LogP contribution in [0.3, 0.4) is 0 Å². The van der Waals surface area contributed by atoms with Gasteiger partial charge in [0.25, 0.3) is 0 Å². The smallest absolute Gasteiger partial charge is 0.321 e. The van der Waals surface area contributed by atoms with Crippen molar-refractivity contribution in [2.45, 2.75) is 19.0 Å². The fourth-order valence-electron chi connectivity index (χ4n) is 3.18. The first-order valence-corrected chi connectivity index (χ1v) is 8.36. The number of carbonyl (C=O) groups is 1. The molecule has 2 heterocycles. The Morgan fingerprint density at radius 2 is 2.08 bits per heavy atom. The second-order valence-electron chi connectivity index (χ2n) is 6.41. The molecule has 3 rings (SSSR count). The molecule has 25 heavy (non-hydrogen) atoms. The van der Waals surface area contributed by atoms with Crippen LogP contribution in [0.5, 0.6) is 5.88 Å². The zero-order valence-corrected chi connectivity index (χ0v) is 14.9. The van der Waals surface area contributed by atoms with Crippen molar-refractivity contribution in [2.75, 3.05) is 33.1 Å². The molecular formula is C19H24N4O2. The first-order valence-electron chi connectivity index (χ1n) is 8.36. The van der Waals surface area contributed by atoms with Crippen molar-refractivity contribution in [2.24, 2.45) is 0 Å². The molecule has 0 bridgehead atoms. The number of pyridine rings is 1. The van der Waals surface area contributed by atoms with Crippen LogP contribution in [0.1, 0.15) is 11.1 Å². The lowest BCUT2D eigenvalue weighted by Crippen LogP contribution is -2.47. The molecule has 0 radical (unpaired) electrons. The molecule has 0 saturated carbocycles. The second-order valence-corrected chi connectivity index (χ2v) is 6.41. The van der Waals surface area contributed by atoms with E-state index in [1.807, 2.05) is 7.05 Å². The van der Waals surface area contributed by atoms with Crippen molar-refractivity contribution < 1.29 is 9.53 Å². The summed E-state index contributed by atoms with van der Waals surface area (Å²) in [7, 11) is 5.46. The molecule has 1 aromatic carbocycles. The van der Waals surface area contributed by atoms with Crippen molar-refractivity contribution >= 4 is 11.7 Å². The van der Waals surface area contributed by atoms with Crippen molar-refractivity contribution in [1.29, 1.82) is 0 Å². The first-order chi connectivity index (χ1) is 12.1. The molecule has 1 aliphatic heterocycles. The number of likely N-dealkylation sites (N-methyl/N-ethyl adjacent to an activating group) is 2. The van der Waals surface area contributed by atoms with Gasteiger partial charge in [0.1, 0.15) is 5.69 Å². The maximum atomic E-state index is 12.5. The number of hydrogen-bond acceptors (Lipinski definition) is 4. The second kappa shape index (κ2) is 7.53. The predicted octanol–water partition coefficient (Wildman–Crippen LogP) is 2.61. The summed E-state index contributed by atoms with van der Waals surface area (Å²) in [5, 5.41) is 2.87. The van der Waals surface area contributed by atoms with E-state index in [1.165, 1.54) is 18.2 Å². The molecule has 1 aromatic heterocycles. The van der Waals surface area contributed by atoms with Gasteiger partial charge in [-0.15, -0.1) is 0 Å². The maximum Gasteiger partial charge on any atom is 0.321 e. The summed E-state index contributed by atoms with van der Waals surface area (Å²) in [5.74, 6) is 0.410. The number of nitrogens with one attached hydrogen (secondary N) is 1. The molecule has 0 spiro atoms. The van der Waals surface area contributed by atoms with Crippen LogP contribution in [0.15, 0.2) is 42.6 Å². The van der Waals surface area contributed by atoms with E-state index in [4.69, 9.17) is 4.74 Å². The van der Waals surface area contributed by atoms with Crippen LogP contribution >= 0.6 is 0 Å². The van der Waals surface area contributed by atoms with Gasteiger partial charge in [-0.2, -0.15) is 0 Å². The minimum absolute atomic E-state index is 0.168. The van der Waals surface area contributed by atoms with Crippen LogP contribution in [-0.4, -0.2) is 54.6 Å². The standard InChI is InChI=1S/C19H24N4O2/c1-22-12-15-8-5-4-7-14(15)11-16(22)13-23(2)19(24)21-17-9-6-10-20-18(17)25-3/h4-10,16H,11-13H2,1-3H3,(H,21,24)/t16-/m0/s1. The Labute approximate surface area is 148 Å². The molecule has 0 fully saturated rings. The molecule has 132 valence electrons. The van der Waals surface area contributed by atoms with E-state index in [0.717, 1.165) is 13.0 Å². The first kappa shape index (κ1) is 17.2. The highest BCUT2D eigenvalue weighted by atomic mass is 16.5. The van der Waals surface area contributed by atoms with Crippen LogP contribution in [0.4, 0.5) is 10.5 Å². The molecule has 6 heteroatoms. The van der Waals surface area contributed by atoms with Gasteiger partial charge in [-0.25, -0.2) is 9.78 Å². The lowest BCUT2D eigenvalue weighted by molar-refractivity contribution is 0.166. The van der Waals surface area contributed by atoms with Crippen molar-refractivity contribution in [3.8, 4) is 5.88 Å². The van der Waals surface area contributed by atoms with Crippen LogP contribution in [-0.2, 0) is 13.0 Å². The van der Waals surface area contributed by atoms with Crippen LogP contribution in [0, 0.1) is 0 Å². The maximum absolute atomic E-state index is 12.5. The highest BCUT2D eigenvalue weighted by Gasteiger charge is 2.25. The van der Waals surface area contributed by atoms with Crippen LogP contribution in [0.25, 0.3) is 0 Å². The lowest BCUT2D eigenvalue weighted by atomic mass is 9.94. The minimum atomic E-state index is -0.168. The average molecular weight is 340 g/mol. The number of fused-ring (bicyclic) bond motifs is 1. The van der Waals surface area contributed by atoms with Gasteiger partial charge in [-0.3, -0.25) is 4.90 Å². The van der Waals surface area contributed by atoms with Crippen molar-refractivity contribution in [1.82, 2.24) is 14.8 Å². The third kappa shape index (κ3) is 3.91. The molecule has 6 nitrogen and oxygen atoms in total. The quantitative estimate of drug-likeness (QED) is 0.929. The third-order valence-corrected chi connectivity index (χ3v) is 4.65. The van der Waals surface area contributed by atoms with Crippen molar-refractivity contribution in [3.63, 3.8) is 0 Å². The zero-order chi connectivity index (χ0) is 17.8. The van der Waals surface area contributed by atoms with Gasteiger partial charge in [0.05, 0.1) is 7.11 Å². The fourth-order valence-corrected chi connectivity index (χ4v) is 3.18. The molecule has 1 N–H and O–H groups in total. The summed E-state index contributed by atoms with van der Waals surface area (Å²) in [6.45, 7) is 1.56. The summed E-state index contributed by atoms with van der Waals surface area (Å²) in [5.41, 5.74) is 3.31. The number of hydrogen-bond donors (Lipinski definition) is 1. The van der Waals surface area contributed by atoms with Crippen LogP contribution < -0.4 is 10.1 Å². The monoisotopic (exact) mass is 340 g/mol. The lowest BCUT2D eigenvalue weighted by Gasteiger charge is -2.36. The van der Waals surface area contributed by atoms with E-state index in [-0.39, 0.29) is 6.03 Å². The Kier molecular flexibility index (Phi) is 5.19. The number of methoxy groups -OCH3 is 1. The summed E-state index contributed by atoms with van der Waals surface area (Å²) in [4.78, 5) is 20.6. The number of carbonyl (C=O) groups excluding carboxylic acids is 1. The molecule has 2 aromatic rings. The van der Waals surface area contributed by atoms with E-state index >= 15 is 0 Å². The van der Waals surface area contributed by atoms with Gasteiger partial charge in [-0.1, -0.05) is 24.3 Å². The van der Waals surface area contributed by atoms with E-state index in [0.29, 0.717) is 24.2 Å². The molecule has 0 unspecified atom stereocenters. The fraction of sp³-hybridized carbons (Fsp3) is 0.368. The highest BCUT2D eigenvalue weighted by Crippen LogP contribution is 2.23. The Morgan fingerprint density at radius 1 is 1.32 bits per heavy atom. The van der Waals surface area contributed by atoms with E-state index < -0.39 is 0 Å². The zero-order valence-electron chi connectivity index (χ0n) is 14.9. The van der Waals surface area contributed by atoms with Crippen molar-refractivity contribution in [3.05, 3.63) is 53.7 Å². The van der Waals surface area contributed by atoms with Crippen LogP contribution in [0.2, 0.25) is 0 Å². The molecule has 2 amide bonds. The van der Waals surface area contributed by atoms with E-state index in [9.17, 15) is 4.79 Å². The molecule has 1 atom stereocenters. The highest BCUT2D eigenvalue weighted by molar-refractivity contribution is 5.90. The van der Waals surface area contributed by atoms with Gasteiger partial charge < -0.3 is 15.0 Å². The number of rotatable bonds is 4. The number of aromatic nitrogens is 1. The molecular weight excluding hydrogens is 316 g/mol. The molecule has 0 saturated heterocycles. The average Bonchev–Trinajstić information content (AvgIpc) is 2.62. The van der Waals surface area contributed by atoms with Gasteiger partial charge in [-0.05, 0) is 36.7 Å². The predicted molar refractivity (Wildman–Crippen MR) is 97.8 cm³/mol. The minimum Gasteiger partial charge on any atom is -0.480 e. The largest absolute Gasteiger partial charge is 0.480 e. The van der Waals surface area contributed by atoms with Gasteiger partial charge in [0, 0.05) is 32.4 Å². The number of ether oxygens (including phenoxy) is 1. The molecule has 0 aliphatic carbocycles. The van der Waals surface area contributed by atoms with Gasteiger partial charge >= 0.3 is 6.03 Å². The summed E-state index contributed by atoms with van der Waals surface area (Å²) >= 11 is 0. The Morgan fingerprint density at radius 3 is 2.84 bits per heavy atom. The SMILES string of the molecule is COc1ncccc1NC(=O)N(C)C[C@@H]1Cc2ccccc2CN1C.